The summed E-state index contributed by atoms with van der Waals surface area (Å²) >= 11 is 4.15. The maximum atomic E-state index is 13.4. The third-order valence-corrected chi connectivity index (χ3v) is 9.61. The van der Waals surface area contributed by atoms with Crippen molar-refractivity contribution < 1.29 is 29.0 Å². The highest BCUT2D eigenvalue weighted by atomic mass is 32.2. The van der Waals surface area contributed by atoms with E-state index in [1.165, 1.54) is 45.8 Å². The van der Waals surface area contributed by atoms with E-state index in [1.54, 1.807) is 36.4 Å². The lowest BCUT2D eigenvalue weighted by Gasteiger charge is -2.49. The van der Waals surface area contributed by atoms with E-state index < -0.39 is 41.3 Å². The summed E-state index contributed by atoms with van der Waals surface area (Å²) in [5.41, 5.74) is 1.74. The maximum Gasteiger partial charge on any atom is 0.352 e. The number of nitrogens with zero attached hydrogens (tertiary/aromatic N) is 3. The van der Waals surface area contributed by atoms with Gasteiger partial charge in [0, 0.05) is 23.1 Å². The van der Waals surface area contributed by atoms with Gasteiger partial charge in [0.05, 0.1) is 0 Å². The summed E-state index contributed by atoms with van der Waals surface area (Å²) in [7, 11) is 0. The Balaban J connectivity index is 1.28. The largest absolute Gasteiger partial charge is 0.477 e. The van der Waals surface area contributed by atoms with Crippen LogP contribution in [0.4, 0.5) is 0 Å². The van der Waals surface area contributed by atoms with E-state index in [0.717, 1.165) is 10.6 Å². The number of aliphatic carboxylic acids is 1. The van der Waals surface area contributed by atoms with E-state index in [-0.39, 0.29) is 5.70 Å². The summed E-state index contributed by atoms with van der Waals surface area (Å²) in [6.07, 6.45) is 1.51. The number of nitrogens with one attached hydrogen (secondary N) is 1. The molecule has 2 aromatic carbocycles. The Hall–Kier alpha value is -3.94. The van der Waals surface area contributed by atoms with Crippen LogP contribution in [0.2, 0.25) is 0 Å². The molecule has 1 saturated heterocycles. The number of hydrogen-bond acceptors (Lipinski definition) is 10. The van der Waals surface area contributed by atoms with Crippen LogP contribution in [-0.4, -0.2) is 66.9 Å². The zero-order chi connectivity index (χ0) is 28.9. The second-order valence-electron chi connectivity index (χ2n) is 9.00. The molecule has 0 radical (unpaired) electrons. The zero-order valence-electron chi connectivity index (χ0n) is 21.6. The first-order valence-corrected chi connectivity index (χ1v) is 15.3. The lowest BCUT2D eigenvalue weighted by molar-refractivity contribution is -0.156. The van der Waals surface area contributed by atoms with E-state index in [2.05, 4.69) is 15.5 Å². The molecule has 10 nitrogen and oxygen atoms in total. The second-order valence-corrected chi connectivity index (χ2v) is 12.5. The number of esters is 1. The summed E-state index contributed by atoms with van der Waals surface area (Å²) in [4.78, 5) is 52.6. The van der Waals surface area contributed by atoms with Crippen molar-refractivity contribution in [3.63, 3.8) is 0 Å². The molecular formula is C28H24N4O6S3. The fourth-order valence-electron chi connectivity index (χ4n) is 4.29. The van der Waals surface area contributed by atoms with Gasteiger partial charge in [0.25, 0.3) is 11.8 Å². The number of ether oxygens (including phenoxy) is 1. The third kappa shape index (κ3) is 6.53. The van der Waals surface area contributed by atoms with Crippen LogP contribution in [0.1, 0.15) is 22.2 Å². The number of amides is 2. The van der Waals surface area contributed by atoms with Gasteiger partial charge in [0.1, 0.15) is 22.1 Å². The molecule has 0 spiro atoms. The van der Waals surface area contributed by atoms with Gasteiger partial charge in [0.2, 0.25) is 6.10 Å². The molecule has 0 bridgehead atoms. The van der Waals surface area contributed by atoms with Crippen LogP contribution in [-0.2, 0) is 23.9 Å². The summed E-state index contributed by atoms with van der Waals surface area (Å²) in [5.74, 6) is -2.43. The Labute approximate surface area is 247 Å². The number of thioether (sulfide) groups is 2. The molecule has 0 aliphatic carbocycles. The Morgan fingerprint density at radius 1 is 1.15 bits per heavy atom. The van der Waals surface area contributed by atoms with Crippen molar-refractivity contribution in [1.29, 1.82) is 0 Å². The van der Waals surface area contributed by atoms with Gasteiger partial charge in [-0.25, -0.2) is 9.59 Å². The highest BCUT2D eigenvalue weighted by Crippen LogP contribution is 2.42. The van der Waals surface area contributed by atoms with Crippen LogP contribution < -0.4 is 5.32 Å². The molecule has 2 N–H and O–H groups in total. The van der Waals surface area contributed by atoms with Crippen LogP contribution in [0.5, 0.6) is 0 Å². The minimum absolute atomic E-state index is 0.0740. The van der Waals surface area contributed by atoms with Crippen LogP contribution in [0.25, 0.3) is 6.08 Å². The Kier molecular flexibility index (Phi) is 8.86. The maximum absolute atomic E-state index is 13.4. The molecular weight excluding hydrogens is 585 g/mol. The fourth-order valence-corrected chi connectivity index (χ4v) is 7.59. The number of carboxylic acids is 1. The first-order chi connectivity index (χ1) is 19.8. The van der Waals surface area contributed by atoms with Gasteiger partial charge in [-0.05, 0) is 24.1 Å². The molecule has 5 rings (SSSR count). The molecule has 3 heterocycles. The van der Waals surface area contributed by atoms with E-state index >= 15 is 0 Å². The molecule has 1 aromatic heterocycles. The number of aryl methyl sites for hydroxylation is 1. The smallest absolute Gasteiger partial charge is 0.352 e. The molecule has 41 heavy (non-hydrogen) atoms. The van der Waals surface area contributed by atoms with Gasteiger partial charge in [-0.1, -0.05) is 83.8 Å². The molecule has 2 unspecified atom stereocenters. The molecule has 2 aliphatic rings. The lowest BCUT2D eigenvalue weighted by atomic mass is 10.0. The average molecular weight is 609 g/mol. The first-order valence-electron chi connectivity index (χ1n) is 12.4. The number of carbonyl (C=O) groups is 4. The molecule has 13 heteroatoms. The first kappa shape index (κ1) is 28.6. The third-order valence-electron chi connectivity index (χ3n) is 6.21. The van der Waals surface area contributed by atoms with E-state index in [1.807, 2.05) is 37.3 Å². The van der Waals surface area contributed by atoms with E-state index in [0.29, 0.717) is 27.0 Å². The number of rotatable bonds is 10. The van der Waals surface area contributed by atoms with Crippen molar-refractivity contribution in [2.45, 2.75) is 28.8 Å². The highest BCUT2D eigenvalue weighted by Gasteiger charge is 2.54. The normalized spacial score (nSPS) is 19.0. The molecule has 3 atom stereocenters. The molecule has 0 saturated carbocycles. The van der Waals surface area contributed by atoms with Gasteiger partial charge in [-0.15, -0.1) is 22.0 Å². The van der Waals surface area contributed by atoms with Gasteiger partial charge in [0.15, 0.2) is 4.34 Å². The van der Waals surface area contributed by atoms with Crippen molar-refractivity contribution in [2.24, 2.45) is 0 Å². The number of aromatic nitrogens is 2. The fraction of sp³-hybridized carbons (Fsp3) is 0.214. The van der Waals surface area contributed by atoms with E-state index in [4.69, 9.17) is 4.74 Å². The minimum atomic E-state index is -1.31. The Bertz CT molecular complexity index is 1530. The number of hydrogen-bond donors (Lipinski definition) is 2. The number of fused-ring (bicyclic) bond motifs is 1. The average Bonchev–Trinajstić information content (AvgIpc) is 3.41. The zero-order valence-corrected chi connectivity index (χ0v) is 24.1. The van der Waals surface area contributed by atoms with Gasteiger partial charge < -0.3 is 15.2 Å². The Morgan fingerprint density at radius 3 is 2.51 bits per heavy atom. The van der Waals surface area contributed by atoms with Crippen LogP contribution >= 0.6 is 34.9 Å². The van der Waals surface area contributed by atoms with Crippen molar-refractivity contribution in [3.05, 3.63) is 94.1 Å². The second kappa shape index (κ2) is 12.7. The number of benzene rings is 2. The predicted octanol–water partition coefficient (Wildman–Crippen LogP) is 3.68. The summed E-state index contributed by atoms with van der Waals surface area (Å²) in [6, 6.07) is 16.7. The van der Waals surface area contributed by atoms with Crippen molar-refractivity contribution in [2.75, 3.05) is 11.5 Å². The number of carboxylic acid groups (broad SMARTS) is 1. The van der Waals surface area contributed by atoms with Gasteiger partial charge >= 0.3 is 11.9 Å². The monoisotopic (exact) mass is 608 g/mol. The summed E-state index contributed by atoms with van der Waals surface area (Å²) in [6.45, 7) is 1.84. The summed E-state index contributed by atoms with van der Waals surface area (Å²) in [5, 5.41) is 20.9. The van der Waals surface area contributed by atoms with Crippen LogP contribution in [0, 0.1) is 6.92 Å². The highest BCUT2D eigenvalue weighted by molar-refractivity contribution is 8.01. The Morgan fingerprint density at radius 2 is 1.85 bits per heavy atom. The van der Waals surface area contributed by atoms with Crippen LogP contribution in [0.15, 0.2) is 82.3 Å². The minimum Gasteiger partial charge on any atom is -0.477 e. The molecule has 2 amide bonds. The standard InChI is InChI=1S/C28H24N4O6S3/c1-16-30-31-28(41-16)40-15-19-14-39-26-21(25(35)32(26)22(19)27(36)37)29-24(34)23(18-10-6-3-7-11-18)38-20(33)13-12-17-8-4-2-5-9-17/h2-13,21,23,26H,14-15H2,1H3,(H,29,34)(H,36,37)/b13-12+/t21?,23?,26-/m1/s1. The molecule has 1 fully saturated rings. The molecule has 210 valence electrons. The van der Waals surface area contributed by atoms with Crippen molar-refractivity contribution in [1.82, 2.24) is 20.4 Å². The number of carbonyl (C=O) groups excluding carboxylic acids is 3. The predicted molar refractivity (Wildman–Crippen MR) is 156 cm³/mol. The molecule has 3 aromatic rings. The van der Waals surface area contributed by atoms with Crippen molar-refractivity contribution >= 4 is 64.7 Å². The van der Waals surface area contributed by atoms with Crippen molar-refractivity contribution in [3.8, 4) is 0 Å². The topological polar surface area (TPSA) is 139 Å². The lowest BCUT2D eigenvalue weighted by Crippen LogP contribution is -2.71. The van der Waals surface area contributed by atoms with E-state index in [9.17, 15) is 24.3 Å². The SMILES string of the molecule is Cc1nnc(SCC2=C(C(=O)O)N3C(=O)C(NC(=O)C(OC(=O)/C=C/c4ccccc4)c4ccccc4)[C@H]3SC2)s1. The van der Waals surface area contributed by atoms with Crippen LogP contribution in [0.3, 0.4) is 0 Å². The van der Waals surface area contributed by atoms with Gasteiger partial charge in [-0.3, -0.25) is 14.5 Å². The molecule has 2 aliphatic heterocycles. The number of β-lactam (4-membered cyclic amide) rings is 1. The quantitative estimate of drug-likeness (QED) is 0.152. The summed E-state index contributed by atoms with van der Waals surface area (Å²) < 4.78 is 6.24. The van der Waals surface area contributed by atoms with Gasteiger partial charge in [-0.2, -0.15) is 0 Å².